The van der Waals surface area contributed by atoms with Crippen molar-refractivity contribution in [1.29, 1.82) is 0 Å². The van der Waals surface area contributed by atoms with Crippen LogP contribution in [0.3, 0.4) is 0 Å². The zero-order valence-corrected chi connectivity index (χ0v) is 13.6. The molecule has 0 saturated carbocycles. The SMILES string of the molecule is CN1C(=O)c2ccc(C(=O)N3CCC(N)C(C)(C)C3)cc2C1=O. The molecule has 2 heterocycles. The zero-order chi connectivity index (χ0) is 16.9. The molecule has 3 amide bonds. The van der Waals surface area contributed by atoms with Crippen LogP contribution in [0.4, 0.5) is 0 Å². The Labute approximate surface area is 135 Å². The Morgan fingerprint density at radius 3 is 2.52 bits per heavy atom. The average Bonchev–Trinajstić information content (AvgIpc) is 2.73. The van der Waals surface area contributed by atoms with E-state index in [2.05, 4.69) is 13.8 Å². The van der Waals surface area contributed by atoms with Gasteiger partial charge in [-0.3, -0.25) is 19.3 Å². The lowest BCUT2D eigenvalue weighted by Crippen LogP contribution is -2.54. The van der Waals surface area contributed by atoms with Gasteiger partial charge in [-0.25, -0.2) is 0 Å². The highest BCUT2D eigenvalue weighted by atomic mass is 16.2. The van der Waals surface area contributed by atoms with Crippen LogP contribution in [0.1, 0.15) is 51.3 Å². The summed E-state index contributed by atoms with van der Waals surface area (Å²) < 4.78 is 0. The second-order valence-electron chi connectivity index (χ2n) is 7.04. The van der Waals surface area contributed by atoms with Gasteiger partial charge in [0.25, 0.3) is 17.7 Å². The largest absolute Gasteiger partial charge is 0.338 e. The van der Waals surface area contributed by atoms with Crippen molar-refractivity contribution in [1.82, 2.24) is 9.80 Å². The molecule has 2 aliphatic rings. The third-order valence-electron chi connectivity index (χ3n) is 4.94. The number of amides is 3. The van der Waals surface area contributed by atoms with Crippen molar-refractivity contribution in [2.45, 2.75) is 26.3 Å². The molecule has 23 heavy (non-hydrogen) atoms. The van der Waals surface area contributed by atoms with Gasteiger partial charge < -0.3 is 10.6 Å². The molecular weight excluding hydrogens is 294 g/mol. The molecule has 1 atom stereocenters. The number of fused-ring (bicyclic) bond motifs is 1. The number of piperidine rings is 1. The highest BCUT2D eigenvalue weighted by Gasteiger charge is 2.37. The number of carbonyl (C=O) groups excluding carboxylic acids is 3. The normalized spacial score (nSPS) is 23.2. The first-order valence-corrected chi connectivity index (χ1v) is 7.73. The van der Waals surface area contributed by atoms with Crippen LogP contribution >= 0.6 is 0 Å². The second-order valence-corrected chi connectivity index (χ2v) is 7.04. The van der Waals surface area contributed by atoms with Crippen LogP contribution in [0.2, 0.25) is 0 Å². The van der Waals surface area contributed by atoms with Crippen molar-refractivity contribution in [3.05, 3.63) is 34.9 Å². The van der Waals surface area contributed by atoms with Crippen LogP contribution in [-0.4, -0.2) is 53.7 Å². The average molecular weight is 315 g/mol. The molecule has 0 bridgehead atoms. The highest BCUT2D eigenvalue weighted by molar-refractivity contribution is 6.21. The van der Waals surface area contributed by atoms with E-state index < -0.39 is 0 Å². The minimum atomic E-state index is -0.361. The molecule has 1 unspecified atom stereocenters. The first-order valence-electron chi connectivity index (χ1n) is 7.73. The topological polar surface area (TPSA) is 83.7 Å². The van der Waals surface area contributed by atoms with Gasteiger partial charge in [0, 0.05) is 31.7 Å². The summed E-state index contributed by atoms with van der Waals surface area (Å²) >= 11 is 0. The monoisotopic (exact) mass is 315 g/mol. The summed E-state index contributed by atoms with van der Waals surface area (Å²) in [6, 6.07) is 4.78. The Morgan fingerprint density at radius 1 is 1.22 bits per heavy atom. The van der Waals surface area contributed by atoms with Crippen LogP contribution in [0.5, 0.6) is 0 Å². The molecule has 1 fully saturated rings. The lowest BCUT2D eigenvalue weighted by molar-refractivity contribution is 0.0532. The molecule has 0 radical (unpaired) electrons. The predicted octanol–water partition coefficient (Wildman–Crippen LogP) is 1.11. The minimum absolute atomic E-state index is 0.0689. The molecule has 1 aromatic rings. The lowest BCUT2D eigenvalue weighted by atomic mass is 9.79. The fourth-order valence-corrected chi connectivity index (χ4v) is 3.22. The van der Waals surface area contributed by atoms with Crippen molar-refractivity contribution in [3.8, 4) is 0 Å². The predicted molar refractivity (Wildman–Crippen MR) is 85.1 cm³/mol. The van der Waals surface area contributed by atoms with E-state index in [4.69, 9.17) is 5.73 Å². The third-order valence-corrected chi connectivity index (χ3v) is 4.94. The molecule has 2 aliphatic heterocycles. The van der Waals surface area contributed by atoms with Gasteiger partial charge in [-0.05, 0) is 30.0 Å². The number of imide groups is 1. The summed E-state index contributed by atoms with van der Waals surface area (Å²) in [5.41, 5.74) is 7.06. The number of rotatable bonds is 1. The van der Waals surface area contributed by atoms with Gasteiger partial charge in [-0.2, -0.15) is 0 Å². The van der Waals surface area contributed by atoms with Gasteiger partial charge in [-0.1, -0.05) is 13.8 Å². The Hall–Kier alpha value is -2.21. The Morgan fingerprint density at radius 2 is 1.87 bits per heavy atom. The smallest absolute Gasteiger partial charge is 0.261 e. The molecular formula is C17H21N3O3. The fourth-order valence-electron chi connectivity index (χ4n) is 3.22. The number of nitrogens with zero attached hydrogens (tertiary/aromatic N) is 2. The molecule has 0 aromatic heterocycles. The first kappa shape index (κ1) is 15.7. The van der Waals surface area contributed by atoms with Crippen molar-refractivity contribution in [2.24, 2.45) is 11.1 Å². The summed E-state index contributed by atoms with van der Waals surface area (Å²) in [5, 5.41) is 0. The lowest BCUT2D eigenvalue weighted by Gasteiger charge is -2.42. The number of carbonyl (C=O) groups is 3. The van der Waals surface area contributed by atoms with Crippen LogP contribution in [0, 0.1) is 5.41 Å². The van der Waals surface area contributed by atoms with Gasteiger partial charge in [0.2, 0.25) is 0 Å². The maximum Gasteiger partial charge on any atom is 0.261 e. The van der Waals surface area contributed by atoms with Crippen molar-refractivity contribution in [2.75, 3.05) is 20.1 Å². The Kier molecular flexibility index (Phi) is 3.52. The van der Waals surface area contributed by atoms with Gasteiger partial charge >= 0.3 is 0 Å². The fraction of sp³-hybridized carbons (Fsp3) is 0.471. The molecule has 0 spiro atoms. The molecule has 0 aliphatic carbocycles. The number of hydrogen-bond donors (Lipinski definition) is 1. The van der Waals surface area contributed by atoms with E-state index in [9.17, 15) is 14.4 Å². The number of nitrogens with two attached hydrogens (primary N) is 1. The van der Waals surface area contributed by atoms with Crippen molar-refractivity contribution < 1.29 is 14.4 Å². The van der Waals surface area contributed by atoms with E-state index in [1.165, 1.54) is 13.1 Å². The first-order chi connectivity index (χ1) is 10.7. The summed E-state index contributed by atoms with van der Waals surface area (Å²) in [7, 11) is 1.45. The van der Waals surface area contributed by atoms with Gasteiger partial charge in [0.15, 0.2) is 0 Å². The van der Waals surface area contributed by atoms with Crippen LogP contribution in [0.15, 0.2) is 18.2 Å². The maximum absolute atomic E-state index is 12.7. The van der Waals surface area contributed by atoms with E-state index in [-0.39, 0.29) is 29.2 Å². The Balaban J connectivity index is 1.88. The van der Waals surface area contributed by atoms with Gasteiger partial charge in [-0.15, -0.1) is 0 Å². The van der Waals surface area contributed by atoms with Gasteiger partial charge in [0.1, 0.15) is 0 Å². The zero-order valence-electron chi connectivity index (χ0n) is 13.6. The van der Waals surface area contributed by atoms with E-state index in [1.54, 1.807) is 17.0 Å². The highest BCUT2D eigenvalue weighted by Crippen LogP contribution is 2.29. The van der Waals surface area contributed by atoms with Crippen LogP contribution in [0.25, 0.3) is 0 Å². The molecule has 2 N–H and O–H groups in total. The van der Waals surface area contributed by atoms with E-state index in [0.717, 1.165) is 11.3 Å². The van der Waals surface area contributed by atoms with Crippen LogP contribution in [-0.2, 0) is 0 Å². The third kappa shape index (κ3) is 2.43. The second kappa shape index (κ2) is 5.16. The molecule has 3 rings (SSSR count). The van der Waals surface area contributed by atoms with E-state index >= 15 is 0 Å². The van der Waals surface area contributed by atoms with Crippen molar-refractivity contribution >= 4 is 17.7 Å². The standard InChI is InChI=1S/C17H21N3O3/c1-17(2)9-20(7-6-13(17)18)14(21)10-4-5-11-12(8-10)16(23)19(3)15(11)22/h4-5,8,13H,6-7,9,18H2,1-3H3. The van der Waals surface area contributed by atoms with Gasteiger partial charge in [0.05, 0.1) is 11.1 Å². The molecule has 6 nitrogen and oxygen atoms in total. The summed E-state index contributed by atoms with van der Waals surface area (Å²) in [4.78, 5) is 39.6. The summed E-state index contributed by atoms with van der Waals surface area (Å²) in [5.74, 6) is -0.808. The number of hydrogen-bond acceptors (Lipinski definition) is 4. The molecule has 6 heteroatoms. The summed E-state index contributed by atoms with van der Waals surface area (Å²) in [6.07, 6.45) is 0.754. The van der Waals surface area contributed by atoms with E-state index in [1.807, 2.05) is 0 Å². The molecule has 1 saturated heterocycles. The van der Waals surface area contributed by atoms with Crippen LogP contribution < -0.4 is 5.73 Å². The Bertz CT molecular complexity index is 711. The maximum atomic E-state index is 12.7. The number of likely N-dealkylation sites (tertiary alicyclic amines) is 1. The molecule has 1 aromatic carbocycles. The van der Waals surface area contributed by atoms with Crippen molar-refractivity contribution in [3.63, 3.8) is 0 Å². The summed E-state index contributed by atoms with van der Waals surface area (Å²) in [6.45, 7) is 5.29. The minimum Gasteiger partial charge on any atom is -0.338 e. The van der Waals surface area contributed by atoms with E-state index in [0.29, 0.717) is 29.8 Å². The number of benzene rings is 1. The molecule has 122 valence electrons. The quantitative estimate of drug-likeness (QED) is 0.787.